The maximum atomic E-state index is 11.4. The standard InChI is InChI=1S/C25H25N5O4/c1-14-20(16(3)27-29-22-11-7-5-9-18(22)24(31)32)13-21(15(2)26-14)17(4)28-30-23-12-8-6-10-19(23)25(33)34/h5-13,29-30H,1-4H3,(H,31,32)(H,33,34)/b27-16-,28-17+. The fourth-order valence-electron chi connectivity index (χ4n) is 3.40. The highest BCUT2D eigenvalue weighted by Gasteiger charge is 2.13. The number of hydrazone groups is 2. The smallest absolute Gasteiger partial charge is 0.337 e. The number of anilines is 2. The lowest BCUT2D eigenvalue weighted by Gasteiger charge is -2.13. The number of aromatic nitrogens is 1. The summed E-state index contributed by atoms with van der Waals surface area (Å²) in [6, 6.07) is 14.9. The lowest BCUT2D eigenvalue weighted by Crippen LogP contribution is -2.11. The van der Waals surface area contributed by atoms with Crippen LogP contribution in [0.3, 0.4) is 0 Å². The second-order valence-corrected chi connectivity index (χ2v) is 7.57. The van der Waals surface area contributed by atoms with E-state index in [1.165, 1.54) is 12.1 Å². The van der Waals surface area contributed by atoms with Crippen LogP contribution in [0, 0.1) is 13.8 Å². The van der Waals surface area contributed by atoms with E-state index in [2.05, 4.69) is 26.0 Å². The summed E-state index contributed by atoms with van der Waals surface area (Å²) in [6.45, 7) is 7.33. The van der Waals surface area contributed by atoms with Crippen LogP contribution >= 0.6 is 0 Å². The molecule has 0 amide bonds. The van der Waals surface area contributed by atoms with Gasteiger partial charge in [0.1, 0.15) is 0 Å². The largest absolute Gasteiger partial charge is 0.478 e. The molecule has 0 atom stereocenters. The number of hydrogen-bond donors (Lipinski definition) is 4. The second-order valence-electron chi connectivity index (χ2n) is 7.57. The van der Waals surface area contributed by atoms with Crippen molar-refractivity contribution >= 4 is 34.7 Å². The molecule has 0 aliphatic carbocycles. The molecular formula is C25H25N5O4. The van der Waals surface area contributed by atoms with Gasteiger partial charge in [-0.2, -0.15) is 10.2 Å². The summed E-state index contributed by atoms with van der Waals surface area (Å²) in [5, 5.41) is 27.4. The van der Waals surface area contributed by atoms with E-state index < -0.39 is 11.9 Å². The topological polar surface area (TPSA) is 136 Å². The van der Waals surface area contributed by atoms with E-state index in [9.17, 15) is 19.8 Å². The molecule has 0 radical (unpaired) electrons. The minimum absolute atomic E-state index is 0.120. The molecule has 0 spiro atoms. The molecule has 4 N–H and O–H groups in total. The third kappa shape index (κ3) is 5.44. The van der Waals surface area contributed by atoms with Gasteiger partial charge in [-0.15, -0.1) is 0 Å². The predicted molar refractivity (Wildman–Crippen MR) is 132 cm³/mol. The van der Waals surface area contributed by atoms with Crippen molar-refractivity contribution in [2.45, 2.75) is 27.7 Å². The number of rotatable bonds is 8. The normalized spacial score (nSPS) is 11.8. The lowest BCUT2D eigenvalue weighted by atomic mass is 10.0. The van der Waals surface area contributed by atoms with Crippen LogP contribution < -0.4 is 10.9 Å². The molecule has 1 heterocycles. The summed E-state index contributed by atoms with van der Waals surface area (Å²) in [4.78, 5) is 27.5. The summed E-state index contributed by atoms with van der Waals surface area (Å²) in [7, 11) is 0. The maximum Gasteiger partial charge on any atom is 0.337 e. The molecule has 0 aliphatic rings. The quantitative estimate of drug-likeness (QED) is 0.281. The van der Waals surface area contributed by atoms with Gasteiger partial charge in [-0.05, 0) is 58.0 Å². The Labute approximate surface area is 196 Å². The van der Waals surface area contributed by atoms with E-state index in [4.69, 9.17) is 0 Å². The summed E-state index contributed by atoms with van der Waals surface area (Å²) in [5.74, 6) is -2.09. The number of para-hydroxylation sites is 2. The SMILES string of the molecule is C/C(=N/Nc1ccccc1C(=O)O)c1cc(/C(C)=N/Nc2ccccc2C(=O)O)c(C)nc1C. The molecule has 0 saturated carbocycles. The van der Waals surface area contributed by atoms with Crippen LogP contribution in [0.25, 0.3) is 0 Å². The van der Waals surface area contributed by atoms with Crippen molar-refractivity contribution in [1.82, 2.24) is 4.98 Å². The van der Waals surface area contributed by atoms with Crippen LogP contribution in [0.5, 0.6) is 0 Å². The van der Waals surface area contributed by atoms with Crippen LogP contribution in [0.15, 0.2) is 64.8 Å². The Hall–Kier alpha value is -4.53. The van der Waals surface area contributed by atoms with Crippen LogP contribution in [-0.4, -0.2) is 38.6 Å². The molecule has 9 nitrogen and oxygen atoms in total. The fourth-order valence-corrected chi connectivity index (χ4v) is 3.40. The second kappa shape index (κ2) is 10.4. The van der Waals surface area contributed by atoms with Gasteiger partial charge in [-0.3, -0.25) is 15.8 Å². The maximum absolute atomic E-state index is 11.4. The highest BCUT2D eigenvalue weighted by atomic mass is 16.4. The number of benzene rings is 2. The molecule has 3 aromatic rings. The van der Waals surface area contributed by atoms with Gasteiger partial charge in [0.05, 0.1) is 33.9 Å². The molecule has 1 aromatic heterocycles. The highest BCUT2D eigenvalue weighted by Crippen LogP contribution is 2.19. The molecule has 0 bridgehead atoms. The van der Waals surface area contributed by atoms with Crippen molar-refractivity contribution in [3.63, 3.8) is 0 Å². The first kappa shape index (κ1) is 24.1. The first-order chi connectivity index (χ1) is 16.2. The van der Waals surface area contributed by atoms with E-state index in [1.54, 1.807) is 50.2 Å². The average molecular weight is 460 g/mol. The zero-order valence-corrected chi connectivity index (χ0v) is 19.2. The molecule has 0 saturated heterocycles. The van der Waals surface area contributed by atoms with E-state index in [1.807, 2.05) is 19.9 Å². The Bertz CT molecular complexity index is 1220. The Morgan fingerprint density at radius 2 is 1.09 bits per heavy atom. The van der Waals surface area contributed by atoms with Gasteiger partial charge in [-0.25, -0.2) is 9.59 Å². The lowest BCUT2D eigenvalue weighted by molar-refractivity contribution is 0.0687. The Kier molecular flexibility index (Phi) is 7.37. The van der Waals surface area contributed by atoms with Crippen LogP contribution in [0.2, 0.25) is 0 Å². The number of carboxylic acids is 2. The summed E-state index contributed by atoms with van der Waals surface area (Å²) in [5.41, 5.74) is 10.9. The van der Waals surface area contributed by atoms with Gasteiger partial charge in [0.2, 0.25) is 0 Å². The Balaban J connectivity index is 1.90. The number of hydrogen-bond acceptors (Lipinski definition) is 7. The van der Waals surface area contributed by atoms with E-state index in [0.717, 1.165) is 22.5 Å². The van der Waals surface area contributed by atoms with Gasteiger partial charge in [0.25, 0.3) is 0 Å². The van der Waals surface area contributed by atoms with Crippen LogP contribution in [0.4, 0.5) is 11.4 Å². The number of nitrogens with one attached hydrogen (secondary N) is 2. The van der Waals surface area contributed by atoms with Crippen molar-refractivity contribution in [2.75, 3.05) is 10.9 Å². The molecule has 2 aromatic carbocycles. The number of carboxylic acid groups (broad SMARTS) is 2. The molecule has 0 aliphatic heterocycles. The van der Waals surface area contributed by atoms with Crippen molar-refractivity contribution in [1.29, 1.82) is 0 Å². The molecule has 0 unspecified atom stereocenters. The molecular weight excluding hydrogens is 434 g/mol. The molecule has 3 rings (SSSR count). The van der Waals surface area contributed by atoms with E-state index in [-0.39, 0.29) is 11.1 Å². The van der Waals surface area contributed by atoms with Crippen LogP contribution in [0.1, 0.15) is 57.1 Å². The van der Waals surface area contributed by atoms with E-state index in [0.29, 0.717) is 22.8 Å². The van der Waals surface area contributed by atoms with Gasteiger partial charge in [-0.1, -0.05) is 24.3 Å². The summed E-state index contributed by atoms with van der Waals surface area (Å²) < 4.78 is 0. The first-order valence-electron chi connectivity index (χ1n) is 10.4. The molecule has 9 heteroatoms. The van der Waals surface area contributed by atoms with Gasteiger partial charge in [0, 0.05) is 22.5 Å². The van der Waals surface area contributed by atoms with Crippen LogP contribution in [-0.2, 0) is 0 Å². The minimum Gasteiger partial charge on any atom is -0.478 e. The van der Waals surface area contributed by atoms with Gasteiger partial charge < -0.3 is 10.2 Å². The van der Waals surface area contributed by atoms with Crippen molar-refractivity contribution in [3.05, 3.63) is 88.2 Å². The number of nitrogens with zero attached hydrogens (tertiary/aromatic N) is 3. The van der Waals surface area contributed by atoms with Gasteiger partial charge >= 0.3 is 11.9 Å². The molecule has 174 valence electrons. The number of pyridine rings is 1. The fraction of sp³-hybridized carbons (Fsp3) is 0.160. The third-order valence-corrected chi connectivity index (χ3v) is 5.19. The predicted octanol–water partition coefficient (Wildman–Crippen LogP) is 4.77. The molecule has 34 heavy (non-hydrogen) atoms. The van der Waals surface area contributed by atoms with Gasteiger partial charge in [0.15, 0.2) is 0 Å². The summed E-state index contributed by atoms with van der Waals surface area (Å²) in [6.07, 6.45) is 0. The minimum atomic E-state index is -1.05. The number of aromatic carboxylic acids is 2. The molecule has 0 fully saturated rings. The zero-order valence-electron chi connectivity index (χ0n) is 19.2. The number of aryl methyl sites for hydroxylation is 2. The monoisotopic (exact) mass is 459 g/mol. The van der Waals surface area contributed by atoms with Crippen molar-refractivity contribution in [3.8, 4) is 0 Å². The average Bonchev–Trinajstić information content (AvgIpc) is 2.81. The number of carbonyl (C=O) groups is 2. The summed E-state index contributed by atoms with van der Waals surface area (Å²) >= 11 is 0. The van der Waals surface area contributed by atoms with Crippen molar-refractivity contribution < 1.29 is 19.8 Å². The van der Waals surface area contributed by atoms with E-state index >= 15 is 0 Å². The Morgan fingerprint density at radius 1 is 0.706 bits per heavy atom. The zero-order chi connectivity index (χ0) is 24.8. The Morgan fingerprint density at radius 3 is 1.47 bits per heavy atom. The third-order valence-electron chi connectivity index (χ3n) is 5.19. The highest BCUT2D eigenvalue weighted by molar-refractivity contribution is 6.05. The first-order valence-corrected chi connectivity index (χ1v) is 10.4. The van der Waals surface area contributed by atoms with Crippen molar-refractivity contribution in [2.24, 2.45) is 10.2 Å².